The van der Waals surface area contributed by atoms with E-state index in [0.717, 1.165) is 5.69 Å². The summed E-state index contributed by atoms with van der Waals surface area (Å²) in [6.07, 6.45) is -0.707. The molecule has 2 rings (SSSR count). The van der Waals surface area contributed by atoms with E-state index < -0.39 is 6.10 Å². The van der Waals surface area contributed by atoms with Gasteiger partial charge in [0.15, 0.2) is 0 Å². The van der Waals surface area contributed by atoms with Crippen LogP contribution in [0.15, 0.2) is 48.5 Å². The fourth-order valence-electron chi connectivity index (χ4n) is 2.00. The number of hydrogen-bond donors (Lipinski definition) is 1. The van der Waals surface area contributed by atoms with Crippen LogP contribution in [0.4, 0.5) is 15.8 Å². The molecule has 3 heteroatoms. The fraction of sp³-hybridized carbons (Fsp3) is 0.200. The second-order valence-corrected chi connectivity index (χ2v) is 4.25. The molecular formula is C15H16FNO. The van der Waals surface area contributed by atoms with Gasteiger partial charge >= 0.3 is 0 Å². The predicted octanol–water partition coefficient (Wildman–Crippen LogP) is 3.65. The number of para-hydroxylation sites is 2. The first-order valence-electron chi connectivity index (χ1n) is 5.86. The van der Waals surface area contributed by atoms with Crippen LogP contribution < -0.4 is 4.90 Å². The van der Waals surface area contributed by atoms with Crippen molar-refractivity contribution in [1.29, 1.82) is 0 Å². The molecule has 1 unspecified atom stereocenters. The Balaban J connectivity index is 2.51. The highest BCUT2D eigenvalue weighted by molar-refractivity contribution is 5.66. The Bertz CT molecular complexity index is 525. The number of rotatable bonds is 3. The van der Waals surface area contributed by atoms with Gasteiger partial charge in [-0.15, -0.1) is 0 Å². The molecule has 0 aliphatic heterocycles. The lowest BCUT2D eigenvalue weighted by atomic mass is 10.1. The quantitative estimate of drug-likeness (QED) is 0.892. The average molecular weight is 245 g/mol. The van der Waals surface area contributed by atoms with E-state index in [1.54, 1.807) is 31.0 Å². The number of nitrogens with zero attached hydrogens (tertiary/aromatic N) is 1. The third-order valence-corrected chi connectivity index (χ3v) is 2.95. The molecule has 18 heavy (non-hydrogen) atoms. The Morgan fingerprint density at radius 2 is 1.72 bits per heavy atom. The number of benzene rings is 2. The van der Waals surface area contributed by atoms with Crippen molar-refractivity contribution in [2.24, 2.45) is 0 Å². The summed E-state index contributed by atoms with van der Waals surface area (Å²) in [7, 11) is 1.79. The van der Waals surface area contributed by atoms with Crippen LogP contribution in [0.25, 0.3) is 0 Å². The molecule has 2 aromatic rings. The Labute approximate surface area is 106 Å². The maximum atomic E-state index is 14.0. The Kier molecular flexibility index (Phi) is 3.63. The molecule has 0 saturated carbocycles. The van der Waals surface area contributed by atoms with Gasteiger partial charge in [-0.3, -0.25) is 0 Å². The largest absolute Gasteiger partial charge is 0.389 e. The second-order valence-electron chi connectivity index (χ2n) is 4.25. The van der Waals surface area contributed by atoms with Crippen molar-refractivity contribution in [2.75, 3.05) is 11.9 Å². The van der Waals surface area contributed by atoms with Crippen LogP contribution in [0.1, 0.15) is 18.6 Å². The predicted molar refractivity (Wildman–Crippen MR) is 71.5 cm³/mol. The summed E-state index contributed by atoms with van der Waals surface area (Å²) < 4.78 is 14.0. The minimum atomic E-state index is -0.707. The van der Waals surface area contributed by atoms with Crippen LogP contribution in [0.2, 0.25) is 0 Å². The summed E-state index contributed by atoms with van der Waals surface area (Å²) in [5, 5.41) is 9.73. The average Bonchev–Trinajstić information content (AvgIpc) is 2.38. The van der Waals surface area contributed by atoms with Crippen LogP contribution in [0.5, 0.6) is 0 Å². The highest BCUT2D eigenvalue weighted by atomic mass is 19.1. The first-order chi connectivity index (χ1) is 8.61. The summed E-state index contributed by atoms with van der Waals surface area (Å²) in [4.78, 5) is 1.75. The lowest BCUT2D eigenvalue weighted by Gasteiger charge is -2.24. The molecule has 0 radical (unpaired) electrons. The number of hydrogen-bond acceptors (Lipinski definition) is 2. The van der Waals surface area contributed by atoms with Gasteiger partial charge in [0, 0.05) is 18.3 Å². The van der Waals surface area contributed by atoms with Crippen LogP contribution >= 0.6 is 0 Å². The summed E-state index contributed by atoms with van der Waals surface area (Å²) >= 11 is 0. The van der Waals surface area contributed by atoms with E-state index in [4.69, 9.17) is 0 Å². The van der Waals surface area contributed by atoms with Gasteiger partial charge in [-0.1, -0.05) is 30.3 Å². The Morgan fingerprint density at radius 3 is 2.33 bits per heavy atom. The molecule has 2 nitrogen and oxygen atoms in total. The van der Waals surface area contributed by atoms with Gasteiger partial charge in [-0.2, -0.15) is 0 Å². The van der Waals surface area contributed by atoms with E-state index in [1.807, 2.05) is 30.3 Å². The highest BCUT2D eigenvalue weighted by Crippen LogP contribution is 2.32. The molecule has 0 aromatic heterocycles. The van der Waals surface area contributed by atoms with Crippen LogP contribution in [-0.4, -0.2) is 12.2 Å². The zero-order valence-corrected chi connectivity index (χ0v) is 10.5. The second kappa shape index (κ2) is 5.19. The van der Waals surface area contributed by atoms with Gasteiger partial charge in [-0.25, -0.2) is 4.39 Å². The van der Waals surface area contributed by atoms with E-state index in [9.17, 15) is 9.50 Å². The van der Waals surface area contributed by atoms with Gasteiger partial charge in [0.2, 0.25) is 0 Å². The van der Waals surface area contributed by atoms with E-state index in [0.29, 0.717) is 11.3 Å². The van der Waals surface area contributed by atoms with E-state index in [2.05, 4.69) is 0 Å². The number of anilines is 2. The van der Waals surface area contributed by atoms with Crippen molar-refractivity contribution >= 4 is 11.4 Å². The molecule has 94 valence electrons. The van der Waals surface area contributed by atoms with Crippen LogP contribution in [-0.2, 0) is 0 Å². The van der Waals surface area contributed by atoms with Crippen LogP contribution in [0, 0.1) is 5.82 Å². The highest BCUT2D eigenvalue weighted by Gasteiger charge is 2.16. The van der Waals surface area contributed by atoms with Crippen molar-refractivity contribution < 1.29 is 9.50 Å². The molecule has 0 bridgehead atoms. The summed E-state index contributed by atoms with van der Waals surface area (Å²) in [5.41, 5.74) is 1.88. The van der Waals surface area contributed by atoms with Crippen molar-refractivity contribution in [2.45, 2.75) is 13.0 Å². The number of aliphatic hydroxyl groups is 1. The Hall–Kier alpha value is -1.87. The number of halogens is 1. The molecule has 0 heterocycles. The maximum absolute atomic E-state index is 14.0. The summed E-state index contributed by atoms with van der Waals surface area (Å²) in [5.74, 6) is -0.334. The topological polar surface area (TPSA) is 23.5 Å². The van der Waals surface area contributed by atoms with Crippen molar-refractivity contribution in [3.63, 3.8) is 0 Å². The molecule has 0 amide bonds. The van der Waals surface area contributed by atoms with Crippen molar-refractivity contribution in [3.8, 4) is 0 Å². The third kappa shape index (κ3) is 2.36. The molecular weight excluding hydrogens is 229 g/mol. The first-order valence-corrected chi connectivity index (χ1v) is 5.86. The minimum absolute atomic E-state index is 0.334. The van der Waals surface area contributed by atoms with Gasteiger partial charge in [0.1, 0.15) is 5.82 Å². The van der Waals surface area contributed by atoms with Crippen molar-refractivity contribution in [3.05, 3.63) is 59.9 Å². The molecule has 0 fully saturated rings. The summed E-state index contributed by atoms with van der Waals surface area (Å²) in [6, 6.07) is 14.3. The van der Waals surface area contributed by atoms with E-state index in [-0.39, 0.29) is 5.82 Å². The first kappa shape index (κ1) is 12.6. The Morgan fingerprint density at radius 1 is 1.06 bits per heavy atom. The maximum Gasteiger partial charge on any atom is 0.147 e. The lowest BCUT2D eigenvalue weighted by Crippen LogP contribution is -2.14. The van der Waals surface area contributed by atoms with Crippen molar-refractivity contribution in [1.82, 2.24) is 0 Å². The summed E-state index contributed by atoms with van der Waals surface area (Å²) in [6.45, 7) is 1.64. The molecule has 0 spiro atoms. The molecule has 1 atom stereocenters. The molecule has 0 saturated heterocycles. The zero-order valence-electron chi connectivity index (χ0n) is 10.5. The molecule has 2 aromatic carbocycles. The smallest absolute Gasteiger partial charge is 0.147 e. The monoisotopic (exact) mass is 245 g/mol. The van der Waals surface area contributed by atoms with Gasteiger partial charge in [0.25, 0.3) is 0 Å². The molecule has 0 aliphatic rings. The number of aliphatic hydroxyl groups excluding tert-OH is 1. The van der Waals surface area contributed by atoms with Gasteiger partial charge in [-0.05, 0) is 25.1 Å². The third-order valence-electron chi connectivity index (χ3n) is 2.95. The zero-order chi connectivity index (χ0) is 13.1. The van der Waals surface area contributed by atoms with Crippen LogP contribution in [0.3, 0.4) is 0 Å². The molecule has 0 aliphatic carbocycles. The lowest BCUT2D eigenvalue weighted by molar-refractivity contribution is 0.199. The standard InChI is InChI=1S/C15H16FNO/c1-11(18)13-9-6-10-14(16)15(13)17(2)12-7-4-3-5-8-12/h3-11,18H,1-2H3. The fourth-order valence-corrected chi connectivity index (χ4v) is 2.00. The van der Waals surface area contributed by atoms with Gasteiger partial charge < -0.3 is 10.0 Å². The normalized spacial score (nSPS) is 12.2. The molecule has 1 N–H and O–H groups in total. The van der Waals surface area contributed by atoms with E-state index in [1.165, 1.54) is 6.07 Å². The minimum Gasteiger partial charge on any atom is -0.389 e. The SMILES string of the molecule is CC(O)c1cccc(F)c1N(C)c1ccccc1. The van der Waals surface area contributed by atoms with Gasteiger partial charge in [0.05, 0.1) is 11.8 Å². The van der Waals surface area contributed by atoms with E-state index >= 15 is 0 Å².